The molecule has 2 aromatic rings. The summed E-state index contributed by atoms with van der Waals surface area (Å²) in [6.45, 7) is 2.86. The third-order valence-corrected chi connectivity index (χ3v) is 2.91. The van der Waals surface area contributed by atoms with Gasteiger partial charge in [-0.3, -0.25) is 0 Å². The van der Waals surface area contributed by atoms with E-state index in [9.17, 15) is 0 Å². The van der Waals surface area contributed by atoms with Crippen molar-refractivity contribution in [1.29, 1.82) is 0 Å². The number of ether oxygens (including phenoxy) is 2. The summed E-state index contributed by atoms with van der Waals surface area (Å²) in [7, 11) is 0. The van der Waals surface area contributed by atoms with Crippen molar-refractivity contribution in [1.82, 2.24) is 0 Å². The number of oxime groups is 1. The lowest BCUT2D eigenvalue weighted by atomic mass is 10.1. The number of benzene rings is 2. The Kier molecular flexibility index (Phi) is 5.04. The zero-order chi connectivity index (χ0) is 15.1. The van der Waals surface area contributed by atoms with E-state index in [-0.39, 0.29) is 5.84 Å². The zero-order valence-electron chi connectivity index (χ0n) is 11.8. The van der Waals surface area contributed by atoms with E-state index in [1.54, 1.807) is 6.07 Å². The molecule has 21 heavy (non-hydrogen) atoms. The van der Waals surface area contributed by atoms with Gasteiger partial charge in [0.15, 0.2) is 5.84 Å². The van der Waals surface area contributed by atoms with E-state index in [1.165, 1.54) is 0 Å². The normalized spacial score (nSPS) is 11.2. The summed E-state index contributed by atoms with van der Waals surface area (Å²) in [5.41, 5.74) is 7.15. The smallest absolute Gasteiger partial charge is 0.170 e. The number of nitrogens with two attached hydrogens (primary N) is 1. The average molecular weight is 286 g/mol. The largest absolute Gasteiger partial charge is 0.494 e. The minimum atomic E-state index is 0.0669. The molecule has 0 heterocycles. The Hall–Kier alpha value is -2.69. The first-order chi connectivity index (χ1) is 10.2. The zero-order valence-corrected chi connectivity index (χ0v) is 11.8. The number of hydrogen-bond acceptors (Lipinski definition) is 4. The molecule has 110 valence electrons. The highest BCUT2D eigenvalue weighted by Crippen LogP contribution is 2.21. The van der Waals surface area contributed by atoms with Gasteiger partial charge in [-0.05, 0) is 19.1 Å². The summed E-state index contributed by atoms with van der Waals surface area (Å²) in [6.07, 6.45) is 0. The van der Waals surface area contributed by atoms with Crippen LogP contribution in [0.2, 0.25) is 0 Å². The minimum Gasteiger partial charge on any atom is -0.494 e. The van der Waals surface area contributed by atoms with E-state index in [4.69, 9.17) is 20.4 Å². The molecule has 0 aliphatic carbocycles. The fraction of sp³-hybridized carbons (Fsp3) is 0.188. The summed E-state index contributed by atoms with van der Waals surface area (Å²) in [5, 5.41) is 11.8. The Bertz CT molecular complexity index is 626. The van der Waals surface area contributed by atoms with Gasteiger partial charge in [0.05, 0.1) is 6.61 Å². The highest BCUT2D eigenvalue weighted by atomic mass is 16.5. The van der Waals surface area contributed by atoms with Gasteiger partial charge in [-0.25, -0.2) is 0 Å². The SMILES string of the molecule is CCOc1cccc(OCc2ccccc2C(N)=NO)c1. The lowest BCUT2D eigenvalue weighted by molar-refractivity contribution is 0.299. The van der Waals surface area contributed by atoms with Crippen LogP contribution in [-0.2, 0) is 6.61 Å². The predicted octanol–water partition coefficient (Wildman–Crippen LogP) is 2.76. The molecule has 0 aromatic heterocycles. The van der Waals surface area contributed by atoms with Gasteiger partial charge < -0.3 is 20.4 Å². The summed E-state index contributed by atoms with van der Waals surface area (Å²) >= 11 is 0. The second-order valence-corrected chi connectivity index (χ2v) is 4.34. The monoisotopic (exact) mass is 286 g/mol. The molecule has 3 N–H and O–H groups in total. The quantitative estimate of drug-likeness (QED) is 0.370. The van der Waals surface area contributed by atoms with Crippen molar-refractivity contribution in [3.63, 3.8) is 0 Å². The topological polar surface area (TPSA) is 77.1 Å². The third-order valence-electron chi connectivity index (χ3n) is 2.91. The maximum absolute atomic E-state index is 8.80. The van der Waals surface area contributed by atoms with Crippen molar-refractivity contribution >= 4 is 5.84 Å². The number of hydrogen-bond donors (Lipinski definition) is 2. The Balaban J connectivity index is 2.11. The lowest BCUT2D eigenvalue weighted by Crippen LogP contribution is -2.16. The molecule has 0 fully saturated rings. The Morgan fingerprint density at radius 1 is 1.10 bits per heavy atom. The third kappa shape index (κ3) is 3.89. The number of nitrogens with zero attached hydrogens (tertiary/aromatic N) is 1. The van der Waals surface area contributed by atoms with Gasteiger partial charge in [0.1, 0.15) is 18.1 Å². The molecule has 0 saturated carbocycles. The maximum Gasteiger partial charge on any atom is 0.170 e. The Morgan fingerprint density at radius 3 is 2.52 bits per heavy atom. The van der Waals surface area contributed by atoms with Crippen LogP contribution in [0.15, 0.2) is 53.7 Å². The van der Waals surface area contributed by atoms with Crippen LogP contribution >= 0.6 is 0 Å². The fourth-order valence-electron chi connectivity index (χ4n) is 1.93. The summed E-state index contributed by atoms with van der Waals surface area (Å²) < 4.78 is 11.2. The van der Waals surface area contributed by atoms with Crippen LogP contribution in [0.5, 0.6) is 11.5 Å². The molecule has 0 unspecified atom stereocenters. The van der Waals surface area contributed by atoms with Gasteiger partial charge in [-0.2, -0.15) is 0 Å². The summed E-state index contributed by atoms with van der Waals surface area (Å²) in [6, 6.07) is 14.8. The molecule has 5 nitrogen and oxygen atoms in total. The molecule has 2 rings (SSSR count). The van der Waals surface area contributed by atoms with Crippen molar-refractivity contribution in [2.75, 3.05) is 6.61 Å². The lowest BCUT2D eigenvalue weighted by Gasteiger charge is -2.11. The van der Waals surface area contributed by atoms with Crippen molar-refractivity contribution in [2.45, 2.75) is 13.5 Å². The van der Waals surface area contributed by atoms with Crippen LogP contribution < -0.4 is 15.2 Å². The van der Waals surface area contributed by atoms with Crippen LogP contribution in [0.4, 0.5) is 0 Å². The maximum atomic E-state index is 8.80. The fourth-order valence-corrected chi connectivity index (χ4v) is 1.93. The summed E-state index contributed by atoms with van der Waals surface area (Å²) in [4.78, 5) is 0. The molecule has 0 bridgehead atoms. The van der Waals surface area contributed by atoms with E-state index < -0.39 is 0 Å². The number of amidine groups is 1. The van der Waals surface area contributed by atoms with E-state index >= 15 is 0 Å². The van der Waals surface area contributed by atoms with E-state index in [0.717, 1.165) is 11.3 Å². The van der Waals surface area contributed by atoms with E-state index in [0.29, 0.717) is 24.5 Å². The van der Waals surface area contributed by atoms with Crippen molar-refractivity contribution < 1.29 is 14.7 Å². The molecule has 2 aromatic carbocycles. The predicted molar refractivity (Wildman–Crippen MR) is 80.9 cm³/mol. The van der Waals surface area contributed by atoms with Crippen LogP contribution in [-0.4, -0.2) is 17.6 Å². The van der Waals surface area contributed by atoms with Gasteiger partial charge in [-0.1, -0.05) is 35.5 Å². The highest BCUT2D eigenvalue weighted by Gasteiger charge is 2.07. The van der Waals surface area contributed by atoms with Gasteiger partial charge >= 0.3 is 0 Å². The number of rotatable bonds is 6. The van der Waals surface area contributed by atoms with Crippen molar-refractivity contribution in [2.24, 2.45) is 10.9 Å². The van der Waals surface area contributed by atoms with E-state index in [1.807, 2.05) is 49.4 Å². The molecule has 5 heteroatoms. The highest BCUT2D eigenvalue weighted by molar-refractivity contribution is 5.98. The molecule has 0 aliphatic heterocycles. The van der Waals surface area contributed by atoms with Gasteiger partial charge in [0.25, 0.3) is 0 Å². The van der Waals surface area contributed by atoms with Gasteiger partial charge in [0, 0.05) is 17.2 Å². The van der Waals surface area contributed by atoms with Crippen molar-refractivity contribution in [3.05, 3.63) is 59.7 Å². The molecule has 0 radical (unpaired) electrons. The Morgan fingerprint density at radius 2 is 1.81 bits per heavy atom. The average Bonchev–Trinajstić information content (AvgIpc) is 2.53. The second-order valence-electron chi connectivity index (χ2n) is 4.34. The molecular formula is C16H18N2O3. The van der Waals surface area contributed by atoms with Crippen LogP contribution in [0.25, 0.3) is 0 Å². The Labute approximate surface area is 123 Å². The van der Waals surface area contributed by atoms with Crippen LogP contribution in [0, 0.1) is 0 Å². The second kappa shape index (κ2) is 7.19. The molecule has 0 aliphatic rings. The van der Waals surface area contributed by atoms with Crippen LogP contribution in [0.3, 0.4) is 0 Å². The van der Waals surface area contributed by atoms with Gasteiger partial charge in [-0.15, -0.1) is 0 Å². The van der Waals surface area contributed by atoms with E-state index in [2.05, 4.69) is 5.16 Å². The molecule has 0 spiro atoms. The first-order valence-corrected chi connectivity index (χ1v) is 6.66. The van der Waals surface area contributed by atoms with Gasteiger partial charge in [0.2, 0.25) is 0 Å². The first-order valence-electron chi connectivity index (χ1n) is 6.66. The molecule has 0 amide bonds. The molecular weight excluding hydrogens is 268 g/mol. The van der Waals surface area contributed by atoms with Crippen molar-refractivity contribution in [3.8, 4) is 11.5 Å². The summed E-state index contributed by atoms with van der Waals surface area (Å²) in [5.74, 6) is 1.53. The standard InChI is InChI=1S/C16H18N2O3/c1-2-20-13-7-5-8-14(10-13)21-11-12-6-3-4-9-15(12)16(17)18-19/h3-10,19H,2,11H2,1H3,(H2,17,18). The molecule has 0 atom stereocenters. The van der Waals surface area contributed by atoms with Crippen LogP contribution in [0.1, 0.15) is 18.1 Å². The molecule has 0 saturated heterocycles. The first kappa shape index (κ1) is 14.7. The minimum absolute atomic E-state index is 0.0669.